The van der Waals surface area contributed by atoms with Gasteiger partial charge in [-0.25, -0.2) is 9.59 Å². The molecule has 2 rings (SSSR count). The van der Waals surface area contributed by atoms with Crippen LogP contribution in [0, 0.1) is 0 Å². The lowest BCUT2D eigenvalue weighted by atomic mass is 9.78. The Labute approximate surface area is 155 Å². The molecule has 0 aromatic carbocycles. The average Bonchev–Trinajstić information content (AvgIpc) is 3.29. The van der Waals surface area contributed by atoms with E-state index in [2.05, 4.69) is 10.6 Å². The number of carbonyl (C=O) groups excluding carboxylic acids is 1. The van der Waals surface area contributed by atoms with Gasteiger partial charge in [-0.05, 0) is 25.8 Å². The van der Waals surface area contributed by atoms with Gasteiger partial charge in [0.25, 0.3) is 0 Å². The Kier molecular flexibility index (Phi) is 9.62. The highest BCUT2D eigenvalue weighted by Crippen LogP contribution is 2.17. The predicted molar refractivity (Wildman–Crippen MR) is 91.5 cm³/mol. The third kappa shape index (κ3) is 7.40. The van der Waals surface area contributed by atoms with E-state index in [1.54, 1.807) is 4.90 Å². The molecule has 0 radical (unpaired) electrons. The van der Waals surface area contributed by atoms with E-state index < -0.39 is 37.2 Å². The smallest absolute Gasteiger partial charge is 0.475 e. The minimum atomic E-state index is -2.27. The van der Waals surface area contributed by atoms with Crippen molar-refractivity contribution in [3.05, 3.63) is 0 Å². The maximum atomic E-state index is 11.9. The van der Waals surface area contributed by atoms with Crippen molar-refractivity contribution in [2.24, 2.45) is 0 Å². The fourth-order valence-electron chi connectivity index (χ4n) is 2.84. The molecule has 0 saturated carbocycles. The summed E-state index contributed by atoms with van der Waals surface area (Å²) in [6.45, 7) is 2.81. The van der Waals surface area contributed by atoms with Crippen LogP contribution in [0.25, 0.3) is 0 Å². The largest absolute Gasteiger partial charge is 0.479 e. The van der Waals surface area contributed by atoms with E-state index in [1.165, 1.54) is 0 Å². The summed E-state index contributed by atoms with van der Waals surface area (Å²) >= 11 is 0. The van der Waals surface area contributed by atoms with Gasteiger partial charge in [-0.15, -0.1) is 0 Å². The quantitative estimate of drug-likeness (QED) is 0.196. The van der Waals surface area contributed by atoms with E-state index in [4.69, 9.17) is 20.4 Å². The van der Waals surface area contributed by atoms with Gasteiger partial charge in [0, 0.05) is 19.1 Å². The number of nitrogens with one attached hydrogen (secondary N) is 2. The molecule has 2 fully saturated rings. The summed E-state index contributed by atoms with van der Waals surface area (Å²) in [7, 11) is -1.42. The number of hydrogen-bond donors (Lipinski definition) is 8. The molecule has 0 aromatic heterocycles. The summed E-state index contributed by atoms with van der Waals surface area (Å²) in [5.41, 5.74) is 0. The normalized spacial score (nSPS) is 23.9. The molecule has 0 aromatic rings. The van der Waals surface area contributed by atoms with Crippen LogP contribution < -0.4 is 10.6 Å². The van der Waals surface area contributed by atoms with Gasteiger partial charge in [0.2, 0.25) is 5.91 Å². The number of nitrogens with zero attached hydrogens (tertiary/aromatic N) is 1. The summed E-state index contributed by atoms with van der Waals surface area (Å²) in [5, 5.41) is 57.3. The maximum absolute atomic E-state index is 11.9. The highest BCUT2D eigenvalue weighted by molar-refractivity contribution is 6.43. The molecule has 1 amide bonds. The number of carboxylic acid groups (broad SMARTS) is 2. The first kappa shape index (κ1) is 23.3. The third-order valence-corrected chi connectivity index (χ3v) is 4.37. The van der Waals surface area contributed by atoms with Gasteiger partial charge < -0.3 is 46.0 Å². The first-order valence-corrected chi connectivity index (χ1v) is 8.56. The second kappa shape index (κ2) is 11.2. The lowest BCUT2D eigenvalue weighted by Crippen LogP contribution is -2.49. The molecule has 2 aliphatic heterocycles. The summed E-state index contributed by atoms with van der Waals surface area (Å²) in [4.78, 5) is 33.1. The van der Waals surface area contributed by atoms with Gasteiger partial charge >= 0.3 is 19.1 Å². The Hall–Kier alpha value is -1.77. The molecule has 2 heterocycles. The third-order valence-electron chi connectivity index (χ3n) is 4.37. The monoisotopic (exact) mass is 391 g/mol. The predicted octanol–water partition coefficient (Wildman–Crippen LogP) is -4.18. The van der Waals surface area contributed by atoms with Crippen molar-refractivity contribution in [2.45, 2.75) is 43.5 Å². The molecule has 0 aliphatic carbocycles. The molecular weight excluding hydrogens is 365 g/mol. The van der Waals surface area contributed by atoms with Crippen molar-refractivity contribution in [1.29, 1.82) is 0 Å². The molecule has 13 heteroatoms. The zero-order chi connectivity index (χ0) is 20.6. The molecule has 4 atom stereocenters. The molecule has 0 spiro atoms. The molecule has 27 heavy (non-hydrogen) atoms. The summed E-state index contributed by atoms with van der Waals surface area (Å²) in [6.07, 6.45) is -1.97. The van der Waals surface area contributed by atoms with Gasteiger partial charge in [0.1, 0.15) is 0 Å². The zero-order valence-electron chi connectivity index (χ0n) is 14.7. The van der Waals surface area contributed by atoms with E-state index >= 15 is 0 Å². The maximum Gasteiger partial charge on any atom is 0.475 e. The molecule has 4 unspecified atom stereocenters. The Morgan fingerprint density at radius 2 is 1.70 bits per heavy atom. The van der Waals surface area contributed by atoms with Crippen LogP contribution in [-0.2, 0) is 14.4 Å². The van der Waals surface area contributed by atoms with Crippen molar-refractivity contribution >= 4 is 25.0 Å². The number of likely N-dealkylation sites (tertiary alicyclic amines) is 1. The topological polar surface area (TPSA) is 200 Å². The SMILES string of the molecule is O=C(CNC1CCNC1)N1CCCC1B(O)O.O=C(O)C(O)C(O)C(=O)O. The number of amides is 1. The van der Waals surface area contributed by atoms with Crippen molar-refractivity contribution in [2.75, 3.05) is 26.2 Å². The highest BCUT2D eigenvalue weighted by Gasteiger charge is 2.36. The lowest BCUT2D eigenvalue weighted by Gasteiger charge is -2.24. The van der Waals surface area contributed by atoms with E-state index in [9.17, 15) is 24.4 Å². The highest BCUT2D eigenvalue weighted by atomic mass is 16.4. The van der Waals surface area contributed by atoms with Crippen LogP contribution in [0.3, 0.4) is 0 Å². The molecule has 154 valence electrons. The number of hydrogen-bond acceptors (Lipinski definition) is 9. The Bertz CT molecular complexity index is 498. The second-order valence-electron chi connectivity index (χ2n) is 6.35. The van der Waals surface area contributed by atoms with Crippen LogP contribution >= 0.6 is 0 Å². The first-order chi connectivity index (χ1) is 12.6. The Morgan fingerprint density at radius 3 is 2.15 bits per heavy atom. The molecule has 8 N–H and O–H groups in total. The summed E-state index contributed by atoms with van der Waals surface area (Å²) in [6, 6.07) is 0.360. The van der Waals surface area contributed by atoms with Crippen molar-refractivity contribution in [3.63, 3.8) is 0 Å². The standard InChI is InChI=1S/C10H20BN3O3.C4H6O6/c15-10(7-13-8-3-4-12-6-8)14-5-1-2-9(14)11(16)17;5-1(3(7)8)2(6)4(9)10/h8-9,12-13,16-17H,1-7H2;1-2,5-6H,(H,7,8)(H,9,10). The molecule has 12 nitrogen and oxygen atoms in total. The van der Waals surface area contributed by atoms with Crippen molar-refractivity contribution in [1.82, 2.24) is 15.5 Å². The average molecular weight is 391 g/mol. The minimum Gasteiger partial charge on any atom is -0.479 e. The Balaban J connectivity index is 0.000000314. The van der Waals surface area contributed by atoms with Crippen LogP contribution in [0.1, 0.15) is 19.3 Å². The number of aliphatic carboxylic acids is 2. The molecular formula is C14H26BN3O9. The van der Waals surface area contributed by atoms with Crippen LogP contribution in [0.5, 0.6) is 0 Å². The molecule has 2 saturated heterocycles. The molecule has 2 aliphatic rings. The number of carboxylic acids is 2. The van der Waals surface area contributed by atoms with E-state index in [0.29, 0.717) is 19.0 Å². The Morgan fingerprint density at radius 1 is 1.11 bits per heavy atom. The van der Waals surface area contributed by atoms with Crippen LogP contribution in [0.2, 0.25) is 0 Å². The van der Waals surface area contributed by atoms with Gasteiger partial charge in [0.05, 0.1) is 12.5 Å². The van der Waals surface area contributed by atoms with Gasteiger partial charge in [0.15, 0.2) is 12.2 Å². The zero-order valence-corrected chi connectivity index (χ0v) is 14.7. The summed E-state index contributed by atoms with van der Waals surface area (Å²) < 4.78 is 0. The lowest BCUT2D eigenvalue weighted by molar-refractivity contribution is -0.165. The fourth-order valence-corrected chi connectivity index (χ4v) is 2.84. The van der Waals surface area contributed by atoms with Gasteiger partial charge in [-0.2, -0.15) is 0 Å². The van der Waals surface area contributed by atoms with E-state index in [-0.39, 0.29) is 12.5 Å². The molecule has 0 bridgehead atoms. The van der Waals surface area contributed by atoms with Gasteiger partial charge in [-0.1, -0.05) is 0 Å². The van der Waals surface area contributed by atoms with Crippen molar-refractivity contribution < 1.29 is 44.9 Å². The van der Waals surface area contributed by atoms with E-state index in [0.717, 1.165) is 25.9 Å². The first-order valence-electron chi connectivity index (χ1n) is 8.56. The minimum absolute atomic E-state index is 0.0347. The number of rotatable bonds is 7. The number of aliphatic hydroxyl groups excluding tert-OH is 2. The number of carbonyl (C=O) groups is 3. The fraction of sp³-hybridized carbons (Fsp3) is 0.786. The van der Waals surface area contributed by atoms with Crippen molar-refractivity contribution in [3.8, 4) is 0 Å². The van der Waals surface area contributed by atoms with Crippen LogP contribution in [0.4, 0.5) is 0 Å². The second-order valence-corrected chi connectivity index (χ2v) is 6.35. The van der Waals surface area contributed by atoms with E-state index in [1.807, 2.05) is 0 Å². The van der Waals surface area contributed by atoms with Crippen LogP contribution in [-0.4, -0.2) is 111 Å². The van der Waals surface area contributed by atoms with Gasteiger partial charge in [-0.3, -0.25) is 4.79 Å². The summed E-state index contributed by atoms with van der Waals surface area (Å²) in [5.74, 6) is -4.00. The number of aliphatic hydroxyl groups is 2. The van der Waals surface area contributed by atoms with Crippen LogP contribution in [0.15, 0.2) is 0 Å².